The fourth-order valence-electron chi connectivity index (χ4n) is 5.06. The number of hydrogen-bond acceptors (Lipinski definition) is 4. The Labute approximate surface area is 166 Å². The number of piperazine rings is 1. The summed E-state index contributed by atoms with van der Waals surface area (Å²) in [6, 6.07) is 7.58. The molecule has 2 saturated heterocycles. The van der Waals surface area contributed by atoms with E-state index < -0.39 is 0 Å². The molecule has 28 heavy (non-hydrogen) atoms. The largest absolute Gasteiger partial charge is 0.369 e. The van der Waals surface area contributed by atoms with Gasteiger partial charge in [-0.1, -0.05) is 0 Å². The Bertz CT molecular complexity index is 816. The zero-order chi connectivity index (χ0) is 19.1. The minimum atomic E-state index is -0.161. The topological polar surface area (TPSA) is 27.5 Å². The first-order chi connectivity index (χ1) is 13.7. The van der Waals surface area contributed by atoms with E-state index >= 15 is 0 Å². The molecule has 150 valence electrons. The van der Waals surface area contributed by atoms with E-state index in [-0.39, 0.29) is 5.82 Å². The van der Waals surface area contributed by atoms with Gasteiger partial charge in [0.25, 0.3) is 0 Å². The molecule has 3 aliphatic rings. The third-order valence-corrected chi connectivity index (χ3v) is 6.78. The molecule has 0 N–H and O–H groups in total. The summed E-state index contributed by atoms with van der Waals surface area (Å²) in [4.78, 5) is 7.58. The summed E-state index contributed by atoms with van der Waals surface area (Å²) in [6.45, 7) is 7.61. The highest BCUT2D eigenvalue weighted by Gasteiger charge is 2.34. The number of hydrogen-bond donors (Lipinski definition) is 0. The van der Waals surface area contributed by atoms with Crippen LogP contribution < -0.4 is 4.90 Å². The molecule has 1 aromatic heterocycles. The minimum absolute atomic E-state index is 0.161. The van der Waals surface area contributed by atoms with E-state index in [2.05, 4.69) is 26.4 Å². The number of aryl methyl sites for hydroxylation is 2. The molecule has 2 aromatic rings. The lowest BCUT2D eigenvalue weighted by atomic mass is 9.95. The van der Waals surface area contributed by atoms with Crippen LogP contribution in [-0.2, 0) is 26.4 Å². The van der Waals surface area contributed by atoms with Gasteiger partial charge in [-0.05, 0) is 55.5 Å². The van der Waals surface area contributed by atoms with E-state index in [1.807, 2.05) is 12.1 Å². The molecule has 0 atom stereocenters. The molecule has 0 amide bonds. The van der Waals surface area contributed by atoms with E-state index in [0.29, 0.717) is 6.04 Å². The van der Waals surface area contributed by atoms with Crippen molar-refractivity contribution in [3.05, 3.63) is 47.0 Å². The first-order valence-electron chi connectivity index (χ1n) is 10.7. The van der Waals surface area contributed by atoms with Crippen LogP contribution in [-0.4, -0.2) is 64.9 Å². The van der Waals surface area contributed by atoms with Crippen LogP contribution in [0.1, 0.15) is 29.8 Å². The molecule has 2 fully saturated rings. The number of aromatic nitrogens is 2. The Balaban J connectivity index is 1.12. The molecule has 0 radical (unpaired) electrons. The summed E-state index contributed by atoms with van der Waals surface area (Å²) in [6.07, 6.45) is 4.97. The third-order valence-electron chi connectivity index (χ3n) is 6.78. The quantitative estimate of drug-likeness (QED) is 0.811. The highest BCUT2D eigenvalue weighted by molar-refractivity contribution is 5.46. The van der Waals surface area contributed by atoms with Gasteiger partial charge in [-0.2, -0.15) is 5.10 Å². The molecular weight excluding hydrogens is 353 g/mol. The summed E-state index contributed by atoms with van der Waals surface area (Å²) in [5.74, 6) is -0.161. The van der Waals surface area contributed by atoms with Crippen LogP contribution >= 0.6 is 0 Å². The van der Waals surface area contributed by atoms with Crippen molar-refractivity contribution in [1.82, 2.24) is 19.6 Å². The highest BCUT2D eigenvalue weighted by atomic mass is 19.1. The Morgan fingerprint density at radius 2 is 1.71 bits per heavy atom. The maximum atomic E-state index is 13.1. The van der Waals surface area contributed by atoms with Crippen molar-refractivity contribution >= 4 is 5.69 Å². The molecule has 3 heterocycles. The Hall–Kier alpha value is -1.92. The van der Waals surface area contributed by atoms with Gasteiger partial charge in [-0.3, -0.25) is 14.5 Å². The lowest BCUT2D eigenvalue weighted by Gasteiger charge is -2.48. The first-order valence-corrected chi connectivity index (χ1v) is 10.7. The first kappa shape index (κ1) is 18.1. The molecule has 5 rings (SSSR count). The second-order valence-corrected chi connectivity index (χ2v) is 8.55. The van der Waals surface area contributed by atoms with E-state index in [0.717, 1.165) is 57.9 Å². The monoisotopic (exact) mass is 383 g/mol. The summed E-state index contributed by atoms with van der Waals surface area (Å²) in [5.41, 5.74) is 5.45. The zero-order valence-electron chi connectivity index (χ0n) is 16.8. The van der Waals surface area contributed by atoms with E-state index in [1.54, 1.807) is 12.1 Å². The number of rotatable bonds is 4. The van der Waals surface area contributed by atoms with Crippen molar-refractivity contribution in [3.63, 3.8) is 0 Å². The molecule has 1 aromatic carbocycles. The van der Waals surface area contributed by atoms with E-state index in [1.165, 1.54) is 36.2 Å². The summed E-state index contributed by atoms with van der Waals surface area (Å²) >= 11 is 0. The standard InChI is InChI=1S/C22H30FN5/c1-25-22(20-4-2-3-5-21(20)24-25)16-26-14-19(15-26)28-12-10-27(11-13-28)18-8-6-17(23)7-9-18/h6-9,19H,2-5,10-16H2,1H3. The van der Waals surface area contributed by atoms with Crippen LogP contribution in [0, 0.1) is 5.82 Å². The van der Waals surface area contributed by atoms with Crippen LogP contribution in [0.5, 0.6) is 0 Å². The van der Waals surface area contributed by atoms with Crippen LogP contribution in [0.4, 0.5) is 10.1 Å². The molecule has 6 heteroatoms. The number of anilines is 1. The van der Waals surface area contributed by atoms with Crippen molar-refractivity contribution in [2.24, 2.45) is 7.05 Å². The zero-order valence-corrected chi connectivity index (χ0v) is 16.8. The van der Waals surface area contributed by atoms with Crippen LogP contribution in [0.15, 0.2) is 24.3 Å². The molecule has 2 aliphatic heterocycles. The van der Waals surface area contributed by atoms with Gasteiger partial charge in [0.05, 0.1) is 11.4 Å². The molecular formula is C22H30FN5. The molecule has 1 aliphatic carbocycles. The van der Waals surface area contributed by atoms with Crippen LogP contribution in [0.2, 0.25) is 0 Å². The normalized spacial score (nSPS) is 21.6. The van der Waals surface area contributed by atoms with Crippen LogP contribution in [0.3, 0.4) is 0 Å². The molecule has 0 spiro atoms. The second-order valence-electron chi connectivity index (χ2n) is 8.55. The number of benzene rings is 1. The number of halogens is 1. The second kappa shape index (κ2) is 7.48. The van der Waals surface area contributed by atoms with Gasteiger partial charge in [0.15, 0.2) is 0 Å². The lowest BCUT2D eigenvalue weighted by Crippen LogP contribution is -2.62. The molecule has 5 nitrogen and oxygen atoms in total. The number of fused-ring (bicyclic) bond motifs is 1. The predicted octanol–water partition coefficient (Wildman–Crippen LogP) is 2.44. The molecule has 0 saturated carbocycles. The van der Waals surface area contributed by atoms with Crippen molar-refractivity contribution in [3.8, 4) is 0 Å². The van der Waals surface area contributed by atoms with Gasteiger partial charge in [0.2, 0.25) is 0 Å². The van der Waals surface area contributed by atoms with Gasteiger partial charge in [-0.25, -0.2) is 4.39 Å². The number of likely N-dealkylation sites (tertiary alicyclic amines) is 1. The van der Waals surface area contributed by atoms with Gasteiger partial charge in [0, 0.05) is 64.6 Å². The predicted molar refractivity (Wildman–Crippen MR) is 109 cm³/mol. The maximum absolute atomic E-state index is 13.1. The fraction of sp³-hybridized carbons (Fsp3) is 0.591. The SMILES string of the molecule is Cn1nc2c(c1CN1CC(N3CCN(c4ccc(F)cc4)CC3)C1)CCCC2. The van der Waals surface area contributed by atoms with E-state index in [4.69, 9.17) is 5.10 Å². The number of nitrogens with zero attached hydrogens (tertiary/aromatic N) is 5. The Kier molecular flexibility index (Phi) is 4.85. The summed E-state index contributed by atoms with van der Waals surface area (Å²) < 4.78 is 15.3. The molecule has 0 bridgehead atoms. The fourth-order valence-corrected chi connectivity index (χ4v) is 5.06. The van der Waals surface area contributed by atoms with Gasteiger partial charge < -0.3 is 4.90 Å². The van der Waals surface area contributed by atoms with Crippen molar-refractivity contribution in [2.75, 3.05) is 44.2 Å². The van der Waals surface area contributed by atoms with Gasteiger partial charge in [0.1, 0.15) is 5.82 Å². The summed E-state index contributed by atoms with van der Waals surface area (Å²) in [5, 5.41) is 4.76. The van der Waals surface area contributed by atoms with Crippen LogP contribution in [0.25, 0.3) is 0 Å². The minimum Gasteiger partial charge on any atom is -0.369 e. The lowest BCUT2D eigenvalue weighted by molar-refractivity contribution is 0.0240. The van der Waals surface area contributed by atoms with Crippen molar-refractivity contribution in [1.29, 1.82) is 0 Å². The summed E-state index contributed by atoms with van der Waals surface area (Å²) in [7, 11) is 2.11. The highest BCUT2D eigenvalue weighted by Crippen LogP contribution is 2.27. The third kappa shape index (κ3) is 3.44. The average molecular weight is 384 g/mol. The van der Waals surface area contributed by atoms with E-state index in [9.17, 15) is 4.39 Å². The smallest absolute Gasteiger partial charge is 0.123 e. The van der Waals surface area contributed by atoms with Crippen molar-refractivity contribution in [2.45, 2.75) is 38.3 Å². The van der Waals surface area contributed by atoms with Crippen molar-refractivity contribution < 1.29 is 4.39 Å². The Morgan fingerprint density at radius 1 is 1.00 bits per heavy atom. The average Bonchev–Trinajstić information content (AvgIpc) is 3.00. The molecule has 0 unspecified atom stereocenters. The van der Waals surface area contributed by atoms with Gasteiger partial charge in [-0.15, -0.1) is 0 Å². The Morgan fingerprint density at radius 3 is 2.46 bits per heavy atom. The maximum Gasteiger partial charge on any atom is 0.123 e. The van der Waals surface area contributed by atoms with Gasteiger partial charge >= 0.3 is 0 Å².